The number of benzene rings is 2. The van der Waals surface area contributed by atoms with E-state index in [1.807, 2.05) is 24.3 Å². The van der Waals surface area contributed by atoms with Crippen molar-refractivity contribution < 1.29 is 4.79 Å². The Bertz CT molecular complexity index is 902. The van der Waals surface area contributed by atoms with Crippen molar-refractivity contribution in [3.63, 3.8) is 0 Å². The fourth-order valence-electron chi connectivity index (χ4n) is 3.75. The average molecular weight is 363 g/mol. The van der Waals surface area contributed by atoms with Gasteiger partial charge in [0.05, 0.1) is 17.0 Å². The van der Waals surface area contributed by atoms with Gasteiger partial charge in [-0.15, -0.1) is 0 Å². The minimum Gasteiger partial charge on any atom is -0.369 e. The van der Waals surface area contributed by atoms with Crippen LogP contribution in [0.5, 0.6) is 0 Å². The Labute approximate surface area is 158 Å². The predicted octanol–water partition coefficient (Wildman–Crippen LogP) is 2.87. The number of nitrogens with two attached hydrogens (primary N) is 1. The molecule has 1 unspecified atom stereocenters. The minimum absolute atomic E-state index is 0.0170. The highest BCUT2D eigenvalue weighted by Gasteiger charge is 2.23. The topological polar surface area (TPSA) is 87.0 Å². The number of hydrogen-bond acceptors (Lipinski definition) is 4. The number of nitrogens with one attached hydrogen (secondary N) is 2. The zero-order valence-corrected chi connectivity index (χ0v) is 15.3. The molecule has 0 saturated carbocycles. The van der Waals surface area contributed by atoms with E-state index in [1.165, 1.54) is 11.1 Å². The third-order valence-corrected chi connectivity index (χ3v) is 5.15. The summed E-state index contributed by atoms with van der Waals surface area (Å²) < 4.78 is 0. The first-order chi connectivity index (χ1) is 13.2. The van der Waals surface area contributed by atoms with Crippen molar-refractivity contribution in [2.24, 2.45) is 11.7 Å². The van der Waals surface area contributed by atoms with Crippen molar-refractivity contribution in [1.29, 1.82) is 0 Å². The number of piperidine rings is 1. The number of aromatic amines is 1. The van der Waals surface area contributed by atoms with Gasteiger partial charge in [-0.1, -0.05) is 36.4 Å². The van der Waals surface area contributed by atoms with E-state index in [1.54, 1.807) is 0 Å². The summed E-state index contributed by atoms with van der Waals surface area (Å²) in [5.74, 6) is 0.585. The maximum absolute atomic E-state index is 11.5. The first kappa shape index (κ1) is 17.5. The number of H-pyrrole nitrogens is 1. The van der Waals surface area contributed by atoms with Crippen LogP contribution in [0.4, 0.5) is 5.95 Å². The highest BCUT2D eigenvalue weighted by Crippen LogP contribution is 2.19. The molecule has 140 valence electrons. The molecule has 1 aromatic heterocycles. The molecule has 0 bridgehead atoms. The average Bonchev–Trinajstić information content (AvgIpc) is 3.10. The van der Waals surface area contributed by atoms with Crippen LogP contribution in [0.15, 0.2) is 48.5 Å². The van der Waals surface area contributed by atoms with E-state index in [9.17, 15) is 4.79 Å². The van der Waals surface area contributed by atoms with Gasteiger partial charge in [0.15, 0.2) is 0 Å². The second-order valence-corrected chi connectivity index (χ2v) is 7.25. The molecule has 3 aromatic rings. The van der Waals surface area contributed by atoms with Gasteiger partial charge in [-0.2, -0.15) is 0 Å². The van der Waals surface area contributed by atoms with Crippen molar-refractivity contribution in [2.75, 3.05) is 18.4 Å². The Kier molecular flexibility index (Phi) is 5.07. The number of rotatable bonds is 6. The molecular weight excluding hydrogens is 338 g/mol. The molecule has 1 aliphatic heterocycles. The van der Waals surface area contributed by atoms with Crippen LogP contribution >= 0.6 is 0 Å². The predicted molar refractivity (Wildman–Crippen MR) is 107 cm³/mol. The maximum Gasteiger partial charge on any atom is 0.221 e. The molecule has 0 spiro atoms. The fourth-order valence-corrected chi connectivity index (χ4v) is 3.75. The van der Waals surface area contributed by atoms with Crippen LogP contribution in [0.25, 0.3) is 11.0 Å². The lowest BCUT2D eigenvalue weighted by Gasteiger charge is -2.31. The Balaban J connectivity index is 1.38. The Morgan fingerprint density at radius 1 is 1.22 bits per heavy atom. The van der Waals surface area contributed by atoms with Crippen LogP contribution < -0.4 is 11.1 Å². The maximum atomic E-state index is 11.5. The normalized spacial score (nSPS) is 17.9. The number of aromatic nitrogens is 2. The number of likely N-dealkylation sites (tertiary alicyclic amines) is 1. The van der Waals surface area contributed by atoms with Crippen molar-refractivity contribution in [2.45, 2.75) is 25.9 Å². The van der Waals surface area contributed by atoms with Crippen LogP contribution in [0.3, 0.4) is 0 Å². The molecular formula is C21H25N5O. The van der Waals surface area contributed by atoms with E-state index >= 15 is 0 Å². The molecule has 4 N–H and O–H groups in total. The summed E-state index contributed by atoms with van der Waals surface area (Å²) in [5.41, 5.74) is 9.94. The quantitative estimate of drug-likeness (QED) is 0.628. The lowest BCUT2D eigenvalue weighted by atomic mass is 9.97. The number of amides is 1. The van der Waals surface area contributed by atoms with E-state index in [0.29, 0.717) is 6.54 Å². The lowest BCUT2D eigenvalue weighted by Crippen LogP contribution is -2.40. The van der Waals surface area contributed by atoms with Gasteiger partial charge in [0.1, 0.15) is 0 Å². The molecule has 1 fully saturated rings. The Morgan fingerprint density at radius 2 is 2.07 bits per heavy atom. The van der Waals surface area contributed by atoms with Crippen molar-refractivity contribution >= 4 is 22.9 Å². The molecule has 1 atom stereocenters. The Morgan fingerprint density at radius 3 is 2.93 bits per heavy atom. The fraction of sp³-hybridized carbons (Fsp3) is 0.333. The van der Waals surface area contributed by atoms with Gasteiger partial charge >= 0.3 is 0 Å². The molecule has 0 aliphatic carbocycles. The number of imidazole rings is 1. The largest absolute Gasteiger partial charge is 0.369 e. The van der Waals surface area contributed by atoms with Crippen molar-refractivity contribution in [3.8, 4) is 0 Å². The highest BCUT2D eigenvalue weighted by molar-refractivity contribution is 5.77. The molecule has 27 heavy (non-hydrogen) atoms. The summed E-state index contributed by atoms with van der Waals surface area (Å²) in [4.78, 5) is 21.6. The summed E-state index contributed by atoms with van der Waals surface area (Å²) in [6, 6.07) is 16.5. The van der Waals surface area contributed by atoms with E-state index in [0.717, 1.165) is 49.5 Å². The van der Waals surface area contributed by atoms with Gasteiger partial charge in [0.2, 0.25) is 11.9 Å². The van der Waals surface area contributed by atoms with E-state index in [4.69, 9.17) is 5.73 Å². The monoisotopic (exact) mass is 363 g/mol. The molecule has 2 heterocycles. The number of nitrogens with zero attached hydrogens (tertiary/aromatic N) is 2. The lowest BCUT2D eigenvalue weighted by molar-refractivity contribution is -0.123. The number of carbonyl (C=O) groups is 1. The van der Waals surface area contributed by atoms with Gasteiger partial charge in [-0.05, 0) is 42.6 Å². The number of para-hydroxylation sites is 2. The van der Waals surface area contributed by atoms with Crippen LogP contribution in [-0.2, 0) is 17.9 Å². The summed E-state index contributed by atoms with van der Waals surface area (Å²) >= 11 is 0. The standard InChI is InChI=1S/C21H25N5O/c22-20(27)17-7-4-10-26(14-17)13-16-6-3-5-15(11-16)12-23-21-24-18-8-1-2-9-19(18)25-21/h1-3,5-6,8-9,11,17H,4,7,10,12-14H2,(H2,22,27)(H2,23,24,25). The van der Waals surface area contributed by atoms with Crippen LogP contribution in [0.2, 0.25) is 0 Å². The molecule has 1 saturated heterocycles. The van der Waals surface area contributed by atoms with Crippen LogP contribution in [-0.4, -0.2) is 33.9 Å². The first-order valence-corrected chi connectivity index (χ1v) is 9.45. The molecule has 4 rings (SSSR count). The van der Waals surface area contributed by atoms with Crippen molar-refractivity contribution in [1.82, 2.24) is 14.9 Å². The van der Waals surface area contributed by atoms with E-state index in [-0.39, 0.29) is 11.8 Å². The zero-order chi connectivity index (χ0) is 18.6. The van der Waals surface area contributed by atoms with Crippen molar-refractivity contribution in [3.05, 3.63) is 59.7 Å². The second-order valence-electron chi connectivity index (χ2n) is 7.25. The third-order valence-electron chi connectivity index (χ3n) is 5.15. The van der Waals surface area contributed by atoms with Gasteiger partial charge in [-0.3, -0.25) is 9.69 Å². The summed E-state index contributed by atoms with van der Waals surface area (Å²) in [5, 5.41) is 3.36. The number of carbonyl (C=O) groups excluding carboxylic acids is 1. The molecule has 1 aliphatic rings. The van der Waals surface area contributed by atoms with Gasteiger partial charge in [0, 0.05) is 19.6 Å². The SMILES string of the molecule is NC(=O)C1CCCN(Cc2cccc(CNc3nc4ccccc4[nH]3)c2)C1. The van der Waals surface area contributed by atoms with Gasteiger partial charge < -0.3 is 16.0 Å². The summed E-state index contributed by atoms with van der Waals surface area (Å²) in [6.45, 7) is 3.34. The first-order valence-electron chi connectivity index (χ1n) is 9.45. The molecule has 1 amide bonds. The summed E-state index contributed by atoms with van der Waals surface area (Å²) in [7, 11) is 0. The minimum atomic E-state index is -0.177. The van der Waals surface area contributed by atoms with E-state index < -0.39 is 0 Å². The second kappa shape index (κ2) is 7.80. The zero-order valence-electron chi connectivity index (χ0n) is 15.3. The molecule has 6 nitrogen and oxygen atoms in total. The van der Waals surface area contributed by atoms with Gasteiger partial charge in [-0.25, -0.2) is 4.98 Å². The molecule has 6 heteroatoms. The molecule has 0 radical (unpaired) electrons. The number of fused-ring (bicyclic) bond motifs is 1. The number of hydrogen-bond donors (Lipinski definition) is 3. The van der Waals surface area contributed by atoms with E-state index in [2.05, 4.69) is 44.5 Å². The smallest absolute Gasteiger partial charge is 0.221 e. The highest BCUT2D eigenvalue weighted by atomic mass is 16.1. The van der Waals surface area contributed by atoms with Crippen LogP contribution in [0, 0.1) is 5.92 Å². The van der Waals surface area contributed by atoms with Crippen LogP contribution in [0.1, 0.15) is 24.0 Å². The third kappa shape index (κ3) is 4.28. The summed E-state index contributed by atoms with van der Waals surface area (Å²) in [6.07, 6.45) is 1.94. The Hall–Kier alpha value is -2.86. The van der Waals surface area contributed by atoms with Gasteiger partial charge in [0.25, 0.3) is 0 Å². The number of primary amides is 1. The number of anilines is 1. The molecule has 2 aromatic carbocycles.